The Morgan fingerprint density at radius 2 is 2.32 bits per heavy atom. The van der Waals surface area contributed by atoms with E-state index in [0.29, 0.717) is 6.54 Å². The van der Waals surface area contributed by atoms with Crippen LogP contribution in [-0.2, 0) is 20.0 Å². The molecule has 0 spiro atoms. The van der Waals surface area contributed by atoms with Gasteiger partial charge in [-0.1, -0.05) is 6.92 Å². The minimum Gasteiger partial charge on any atom is -0.477 e. The highest BCUT2D eigenvalue weighted by molar-refractivity contribution is 5.86. The number of carboxylic acid groups (broad SMARTS) is 1. The summed E-state index contributed by atoms with van der Waals surface area (Å²) in [5, 5.41) is 16.4. The average Bonchev–Trinajstić information content (AvgIpc) is 2.77. The lowest BCUT2D eigenvalue weighted by Gasteiger charge is -2.06. The summed E-state index contributed by atoms with van der Waals surface area (Å²) in [7, 11) is 1.89. The summed E-state index contributed by atoms with van der Waals surface area (Å²) in [5.41, 5.74) is 2.92. The van der Waals surface area contributed by atoms with E-state index in [-0.39, 0.29) is 5.69 Å². The molecule has 0 bridgehead atoms. The first-order valence-corrected chi connectivity index (χ1v) is 6.04. The van der Waals surface area contributed by atoms with Gasteiger partial charge < -0.3 is 10.4 Å². The SMILES string of the molecule is CCc1nn(C)cc1CNc1ccnc(C(=O)O)c1. The van der Waals surface area contributed by atoms with Crippen LogP contribution >= 0.6 is 0 Å². The van der Waals surface area contributed by atoms with Gasteiger partial charge in [-0.3, -0.25) is 4.68 Å². The largest absolute Gasteiger partial charge is 0.477 e. The number of aromatic nitrogens is 3. The molecule has 0 saturated carbocycles. The van der Waals surface area contributed by atoms with Gasteiger partial charge in [0.2, 0.25) is 0 Å². The van der Waals surface area contributed by atoms with Crippen LogP contribution in [0.5, 0.6) is 0 Å². The molecule has 2 N–H and O–H groups in total. The van der Waals surface area contributed by atoms with Gasteiger partial charge in [-0.15, -0.1) is 0 Å². The van der Waals surface area contributed by atoms with Gasteiger partial charge >= 0.3 is 5.97 Å². The Morgan fingerprint density at radius 1 is 1.53 bits per heavy atom. The van der Waals surface area contributed by atoms with E-state index in [9.17, 15) is 4.79 Å². The number of hydrogen-bond donors (Lipinski definition) is 2. The lowest BCUT2D eigenvalue weighted by atomic mass is 10.2. The highest BCUT2D eigenvalue weighted by Crippen LogP contribution is 2.12. The zero-order valence-corrected chi connectivity index (χ0v) is 10.9. The molecule has 0 aliphatic rings. The van der Waals surface area contributed by atoms with E-state index in [2.05, 4.69) is 22.3 Å². The van der Waals surface area contributed by atoms with E-state index in [1.807, 2.05) is 13.2 Å². The number of carbonyl (C=O) groups is 1. The van der Waals surface area contributed by atoms with Crippen molar-refractivity contribution in [3.63, 3.8) is 0 Å². The van der Waals surface area contributed by atoms with E-state index >= 15 is 0 Å². The molecule has 2 aromatic heterocycles. The van der Waals surface area contributed by atoms with Crippen molar-refractivity contribution in [2.75, 3.05) is 5.32 Å². The van der Waals surface area contributed by atoms with Gasteiger partial charge in [-0.25, -0.2) is 9.78 Å². The summed E-state index contributed by atoms with van der Waals surface area (Å²) >= 11 is 0. The van der Waals surface area contributed by atoms with Gasteiger partial charge in [-0.05, 0) is 18.6 Å². The normalized spacial score (nSPS) is 10.4. The standard InChI is InChI=1S/C13H16N4O2/c1-3-11-9(8-17(2)16-11)7-15-10-4-5-14-12(6-10)13(18)19/h4-6,8H,3,7H2,1-2H3,(H,14,15)(H,18,19). The van der Waals surface area contributed by atoms with Crippen molar-refractivity contribution in [3.05, 3.63) is 41.5 Å². The number of aryl methyl sites for hydroxylation is 2. The Bertz CT molecular complexity index is 592. The van der Waals surface area contributed by atoms with E-state index in [1.165, 1.54) is 12.3 Å². The molecule has 0 aliphatic carbocycles. The first-order valence-electron chi connectivity index (χ1n) is 6.04. The summed E-state index contributed by atoms with van der Waals surface area (Å²) in [5.74, 6) is -1.03. The number of pyridine rings is 1. The van der Waals surface area contributed by atoms with Crippen molar-refractivity contribution in [1.82, 2.24) is 14.8 Å². The van der Waals surface area contributed by atoms with Crippen LogP contribution in [0.4, 0.5) is 5.69 Å². The lowest BCUT2D eigenvalue weighted by molar-refractivity contribution is 0.0690. The molecule has 0 aromatic carbocycles. The summed E-state index contributed by atoms with van der Waals surface area (Å²) < 4.78 is 1.78. The second-order valence-electron chi connectivity index (χ2n) is 4.22. The second kappa shape index (κ2) is 5.51. The van der Waals surface area contributed by atoms with Crippen LogP contribution in [0.25, 0.3) is 0 Å². The van der Waals surface area contributed by atoms with Gasteiger partial charge in [0.1, 0.15) is 5.69 Å². The highest BCUT2D eigenvalue weighted by Gasteiger charge is 2.07. The molecule has 19 heavy (non-hydrogen) atoms. The van der Waals surface area contributed by atoms with Crippen molar-refractivity contribution >= 4 is 11.7 Å². The molecule has 2 aromatic rings. The van der Waals surface area contributed by atoms with Crippen molar-refractivity contribution in [2.24, 2.45) is 7.05 Å². The van der Waals surface area contributed by atoms with Crippen molar-refractivity contribution in [1.29, 1.82) is 0 Å². The molecule has 0 amide bonds. The van der Waals surface area contributed by atoms with Crippen LogP contribution in [0.15, 0.2) is 24.5 Å². The van der Waals surface area contributed by atoms with Crippen LogP contribution in [0.2, 0.25) is 0 Å². The lowest BCUT2D eigenvalue weighted by Crippen LogP contribution is -2.04. The predicted octanol–water partition coefficient (Wildman–Crippen LogP) is 1.69. The first kappa shape index (κ1) is 13.1. The Morgan fingerprint density at radius 3 is 3.00 bits per heavy atom. The summed E-state index contributed by atoms with van der Waals surface area (Å²) in [6.45, 7) is 2.67. The second-order valence-corrected chi connectivity index (χ2v) is 4.22. The molecule has 2 heterocycles. The number of rotatable bonds is 5. The van der Waals surface area contributed by atoms with Gasteiger partial charge in [0.15, 0.2) is 0 Å². The van der Waals surface area contributed by atoms with E-state index < -0.39 is 5.97 Å². The molecule has 6 heteroatoms. The Labute approximate surface area is 111 Å². The van der Waals surface area contributed by atoms with Crippen molar-refractivity contribution in [2.45, 2.75) is 19.9 Å². The van der Waals surface area contributed by atoms with Gasteiger partial charge in [0, 0.05) is 37.2 Å². The number of nitrogens with zero attached hydrogens (tertiary/aromatic N) is 3. The van der Waals surface area contributed by atoms with Crippen LogP contribution < -0.4 is 5.32 Å². The van der Waals surface area contributed by atoms with Gasteiger partial charge in [-0.2, -0.15) is 5.10 Å². The molecule has 0 fully saturated rings. The van der Waals surface area contributed by atoms with Gasteiger partial charge in [0.25, 0.3) is 0 Å². The smallest absolute Gasteiger partial charge is 0.354 e. The minimum absolute atomic E-state index is 0.0342. The predicted molar refractivity (Wildman–Crippen MR) is 71.1 cm³/mol. The molecule has 0 aliphatic heterocycles. The molecule has 0 atom stereocenters. The molecule has 0 saturated heterocycles. The Hall–Kier alpha value is -2.37. The third kappa shape index (κ3) is 3.09. The Kier molecular flexibility index (Phi) is 3.79. The number of hydrogen-bond acceptors (Lipinski definition) is 4. The fourth-order valence-electron chi connectivity index (χ4n) is 1.88. The first-order chi connectivity index (χ1) is 9.10. The molecule has 0 radical (unpaired) electrons. The van der Waals surface area contributed by atoms with E-state index in [1.54, 1.807) is 10.7 Å². The number of aromatic carboxylic acids is 1. The summed E-state index contributed by atoms with van der Waals surface area (Å²) in [4.78, 5) is 14.6. The van der Waals surface area contributed by atoms with Crippen LogP contribution in [0.3, 0.4) is 0 Å². The van der Waals surface area contributed by atoms with Gasteiger partial charge in [0.05, 0.1) is 5.69 Å². The van der Waals surface area contributed by atoms with Crippen LogP contribution in [-0.4, -0.2) is 25.8 Å². The maximum absolute atomic E-state index is 10.8. The highest BCUT2D eigenvalue weighted by atomic mass is 16.4. The zero-order chi connectivity index (χ0) is 13.8. The fourth-order valence-corrected chi connectivity index (χ4v) is 1.88. The molecule has 0 unspecified atom stereocenters. The van der Waals surface area contributed by atoms with Crippen LogP contribution in [0, 0.1) is 0 Å². The third-order valence-electron chi connectivity index (χ3n) is 2.79. The third-order valence-corrected chi connectivity index (χ3v) is 2.79. The zero-order valence-electron chi connectivity index (χ0n) is 10.9. The average molecular weight is 260 g/mol. The maximum Gasteiger partial charge on any atom is 0.354 e. The number of nitrogens with one attached hydrogen (secondary N) is 1. The van der Waals surface area contributed by atoms with Crippen LogP contribution in [0.1, 0.15) is 28.7 Å². The molecular weight excluding hydrogens is 244 g/mol. The monoisotopic (exact) mass is 260 g/mol. The fraction of sp³-hybridized carbons (Fsp3) is 0.308. The molecule has 6 nitrogen and oxygen atoms in total. The molecule has 2 rings (SSSR count). The topological polar surface area (TPSA) is 80.0 Å². The van der Waals surface area contributed by atoms with Crippen molar-refractivity contribution in [3.8, 4) is 0 Å². The quantitative estimate of drug-likeness (QED) is 0.855. The Balaban J connectivity index is 2.09. The van der Waals surface area contributed by atoms with Crippen molar-refractivity contribution < 1.29 is 9.90 Å². The van der Waals surface area contributed by atoms with E-state index in [0.717, 1.165) is 23.4 Å². The minimum atomic E-state index is -1.03. The van der Waals surface area contributed by atoms with E-state index in [4.69, 9.17) is 5.11 Å². The summed E-state index contributed by atoms with van der Waals surface area (Å²) in [6, 6.07) is 3.26. The summed E-state index contributed by atoms with van der Waals surface area (Å²) in [6.07, 6.45) is 4.31. The molecular formula is C13H16N4O2. The molecule has 100 valence electrons. The number of carboxylic acids is 1. The maximum atomic E-state index is 10.8. The number of anilines is 1.